The van der Waals surface area contributed by atoms with Crippen molar-refractivity contribution in [1.29, 1.82) is 0 Å². The highest BCUT2D eigenvalue weighted by molar-refractivity contribution is 6.31. The van der Waals surface area contributed by atoms with Crippen LogP contribution in [0.3, 0.4) is 0 Å². The van der Waals surface area contributed by atoms with Crippen LogP contribution in [0, 0.1) is 18.2 Å². The number of carbonyl (C=O) groups excluding carboxylic acids is 1. The van der Waals surface area contributed by atoms with Gasteiger partial charge in [0.2, 0.25) is 5.91 Å². The Morgan fingerprint density at radius 1 is 1.53 bits per heavy atom. The Morgan fingerprint density at radius 3 is 2.74 bits per heavy atom. The Kier molecular flexibility index (Phi) is 5.34. The van der Waals surface area contributed by atoms with Gasteiger partial charge in [-0.15, -0.1) is 12.3 Å². The molecule has 0 saturated carbocycles. The molecule has 0 radical (unpaired) electrons. The van der Waals surface area contributed by atoms with Crippen molar-refractivity contribution < 1.29 is 19.1 Å². The van der Waals surface area contributed by atoms with Gasteiger partial charge in [0.1, 0.15) is 11.9 Å². The zero-order valence-electron chi connectivity index (χ0n) is 9.82. The van der Waals surface area contributed by atoms with Gasteiger partial charge in [0.25, 0.3) is 0 Å². The second kappa shape index (κ2) is 6.76. The molecule has 6 heteroatoms. The highest BCUT2D eigenvalue weighted by Crippen LogP contribution is 2.19. The molecule has 0 fully saturated rings. The molecule has 0 aromatic heterocycles. The molecule has 0 spiro atoms. The molecule has 0 saturated heterocycles. The molecule has 100 valence electrons. The number of carboxylic acid groups (broad SMARTS) is 1. The first-order chi connectivity index (χ1) is 8.95. The number of terminal acetylenes is 1. The van der Waals surface area contributed by atoms with Crippen LogP contribution < -0.4 is 5.32 Å². The van der Waals surface area contributed by atoms with E-state index in [4.69, 9.17) is 23.1 Å². The van der Waals surface area contributed by atoms with Gasteiger partial charge in [-0.1, -0.05) is 17.7 Å². The predicted molar refractivity (Wildman–Crippen MR) is 68.1 cm³/mol. The number of nitrogens with one attached hydrogen (secondary N) is 1. The molecule has 2 N–H and O–H groups in total. The lowest BCUT2D eigenvalue weighted by Gasteiger charge is -2.12. The maximum Gasteiger partial charge on any atom is 0.327 e. The number of aliphatic carboxylic acids is 1. The van der Waals surface area contributed by atoms with Gasteiger partial charge in [0, 0.05) is 17.0 Å². The van der Waals surface area contributed by atoms with Crippen molar-refractivity contribution in [1.82, 2.24) is 5.32 Å². The number of hydrogen-bond acceptors (Lipinski definition) is 2. The van der Waals surface area contributed by atoms with Crippen molar-refractivity contribution >= 4 is 23.5 Å². The minimum atomic E-state index is -1.24. The van der Waals surface area contributed by atoms with Gasteiger partial charge in [0.05, 0.1) is 6.42 Å². The van der Waals surface area contributed by atoms with Crippen LogP contribution in [0.5, 0.6) is 0 Å². The van der Waals surface area contributed by atoms with Crippen LogP contribution >= 0.6 is 11.6 Å². The first kappa shape index (κ1) is 15.0. The van der Waals surface area contributed by atoms with Crippen molar-refractivity contribution in [2.45, 2.75) is 18.9 Å². The third kappa shape index (κ3) is 4.27. The van der Waals surface area contributed by atoms with Gasteiger partial charge in [-0.2, -0.15) is 0 Å². The van der Waals surface area contributed by atoms with Crippen LogP contribution in [-0.4, -0.2) is 23.0 Å². The first-order valence-corrected chi connectivity index (χ1v) is 5.72. The monoisotopic (exact) mass is 283 g/mol. The van der Waals surface area contributed by atoms with Crippen molar-refractivity contribution in [3.8, 4) is 12.3 Å². The van der Waals surface area contributed by atoms with Crippen LogP contribution in [-0.2, 0) is 16.0 Å². The molecular formula is C13H11ClFNO3. The Labute approximate surface area is 114 Å². The molecule has 1 rings (SSSR count). The number of benzene rings is 1. The van der Waals surface area contributed by atoms with Gasteiger partial charge in [0.15, 0.2) is 0 Å². The largest absolute Gasteiger partial charge is 0.480 e. The highest BCUT2D eigenvalue weighted by atomic mass is 35.5. The Hall–Kier alpha value is -2.06. The number of carbonyl (C=O) groups is 2. The molecule has 19 heavy (non-hydrogen) atoms. The topological polar surface area (TPSA) is 66.4 Å². The van der Waals surface area contributed by atoms with Gasteiger partial charge in [-0.05, 0) is 12.1 Å². The lowest BCUT2D eigenvalue weighted by Crippen LogP contribution is -2.41. The second-order valence-corrected chi connectivity index (χ2v) is 4.15. The summed E-state index contributed by atoms with van der Waals surface area (Å²) in [4.78, 5) is 22.4. The quantitative estimate of drug-likeness (QED) is 0.807. The normalized spacial score (nSPS) is 11.4. The Bertz CT molecular complexity index is 519. The first-order valence-electron chi connectivity index (χ1n) is 5.34. The fourth-order valence-electron chi connectivity index (χ4n) is 1.43. The molecular weight excluding hydrogens is 273 g/mol. The van der Waals surface area contributed by atoms with Crippen molar-refractivity contribution in [3.05, 3.63) is 34.6 Å². The van der Waals surface area contributed by atoms with Crippen LogP contribution in [0.4, 0.5) is 4.39 Å². The third-order valence-corrected chi connectivity index (χ3v) is 2.71. The zero-order valence-corrected chi connectivity index (χ0v) is 10.6. The van der Waals surface area contributed by atoms with Gasteiger partial charge in [-0.3, -0.25) is 4.79 Å². The number of amides is 1. The maximum atomic E-state index is 13.4. The Morgan fingerprint density at radius 2 is 2.21 bits per heavy atom. The fourth-order valence-corrected chi connectivity index (χ4v) is 1.65. The van der Waals surface area contributed by atoms with E-state index in [2.05, 4.69) is 11.2 Å². The Balaban J connectivity index is 2.75. The summed E-state index contributed by atoms with van der Waals surface area (Å²) in [5, 5.41) is 11.1. The van der Waals surface area contributed by atoms with Crippen LogP contribution in [0.15, 0.2) is 18.2 Å². The van der Waals surface area contributed by atoms with E-state index in [-0.39, 0.29) is 23.4 Å². The number of rotatable bonds is 5. The maximum absolute atomic E-state index is 13.4. The van der Waals surface area contributed by atoms with Gasteiger partial charge in [-0.25, -0.2) is 9.18 Å². The van der Waals surface area contributed by atoms with Crippen molar-refractivity contribution in [2.24, 2.45) is 0 Å². The van der Waals surface area contributed by atoms with E-state index in [1.54, 1.807) is 0 Å². The van der Waals surface area contributed by atoms with E-state index < -0.39 is 23.7 Å². The third-order valence-electron chi connectivity index (χ3n) is 2.35. The molecule has 1 aromatic carbocycles. The van der Waals surface area contributed by atoms with E-state index >= 15 is 0 Å². The minimum absolute atomic E-state index is 0.0199. The van der Waals surface area contributed by atoms with Gasteiger partial charge < -0.3 is 10.4 Å². The van der Waals surface area contributed by atoms with E-state index in [9.17, 15) is 14.0 Å². The summed E-state index contributed by atoms with van der Waals surface area (Å²) in [6.45, 7) is 0. The number of carboxylic acids is 1. The number of halogens is 2. The van der Waals surface area contributed by atoms with Crippen molar-refractivity contribution in [2.75, 3.05) is 0 Å². The minimum Gasteiger partial charge on any atom is -0.480 e. The number of hydrogen-bond donors (Lipinski definition) is 2. The standard InChI is InChI=1S/C13H11ClFNO3/c1-2-4-11(13(18)19)16-12(17)7-8-9(14)5-3-6-10(8)15/h1,3,5-6,11H,4,7H2,(H,16,17)(H,18,19). The van der Waals surface area contributed by atoms with Crippen molar-refractivity contribution in [3.63, 3.8) is 0 Å². The zero-order chi connectivity index (χ0) is 14.4. The summed E-state index contributed by atoms with van der Waals surface area (Å²) in [6.07, 6.45) is 4.50. The van der Waals surface area contributed by atoms with E-state index in [1.165, 1.54) is 18.2 Å². The molecule has 0 aliphatic heterocycles. The average molecular weight is 284 g/mol. The van der Waals surface area contributed by atoms with E-state index in [1.807, 2.05) is 0 Å². The lowest BCUT2D eigenvalue weighted by molar-refractivity contribution is -0.141. The van der Waals surface area contributed by atoms with Gasteiger partial charge >= 0.3 is 5.97 Å². The summed E-state index contributed by atoms with van der Waals surface area (Å²) in [5.74, 6) is -0.376. The van der Waals surface area contributed by atoms with Crippen LogP contribution in [0.1, 0.15) is 12.0 Å². The highest BCUT2D eigenvalue weighted by Gasteiger charge is 2.20. The summed E-state index contributed by atoms with van der Waals surface area (Å²) in [6, 6.07) is 2.84. The smallest absolute Gasteiger partial charge is 0.327 e. The SMILES string of the molecule is C#CCC(NC(=O)Cc1c(F)cccc1Cl)C(=O)O. The summed E-state index contributed by atoms with van der Waals surface area (Å²) >= 11 is 5.77. The second-order valence-electron chi connectivity index (χ2n) is 3.74. The molecule has 0 bridgehead atoms. The van der Waals surface area contributed by atoms with E-state index in [0.717, 1.165) is 0 Å². The molecule has 0 heterocycles. The molecule has 1 atom stereocenters. The van der Waals surface area contributed by atoms with Crippen LogP contribution in [0.25, 0.3) is 0 Å². The molecule has 0 aliphatic rings. The molecule has 0 aliphatic carbocycles. The predicted octanol–water partition coefficient (Wildman–Crippen LogP) is 1.61. The molecule has 1 aromatic rings. The lowest BCUT2D eigenvalue weighted by atomic mass is 10.1. The molecule has 1 unspecified atom stereocenters. The molecule has 1 amide bonds. The van der Waals surface area contributed by atoms with Crippen LogP contribution in [0.2, 0.25) is 5.02 Å². The summed E-state index contributed by atoms with van der Waals surface area (Å²) in [5.41, 5.74) is 0.0199. The fraction of sp³-hybridized carbons (Fsp3) is 0.231. The average Bonchev–Trinajstić information content (AvgIpc) is 2.33. The summed E-state index contributed by atoms with van der Waals surface area (Å²) in [7, 11) is 0. The summed E-state index contributed by atoms with van der Waals surface area (Å²) < 4.78 is 13.4. The molecule has 4 nitrogen and oxygen atoms in total. The van der Waals surface area contributed by atoms with E-state index in [0.29, 0.717) is 0 Å².